The number of amides is 1. The minimum Gasteiger partial charge on any atom is -0.499 e. The Bertz CT molecular complexity index is 345. The van der Waals surface area contributed by atoms with Crippen LogP contribution < -0.4 is 5.32 Å². The van der Waals surface area contributed by atoms with Crippen molar-refractivity contribution in [1.82, 2.24) is 5.32 Å². The first kappa shape index (κ1) is 17.0. The Morgan fingerprint density at radius 3 is 2.32 bits per heavy atom. The smallest absolute Gasteiger partial charge is 0.407 e. The molecule has 0 fully saturated rings. The summed E-state index contributed by atoms with van der Waals surface area (Å²) in [6.45, 7) is 9.51. The van der Waals surface area contributed by atoms with Gasteiger partial charge in [-0.15, -0.1) is 0 Å². The number of ether oxygens (including phenoxy) is 3. The van der Waals surface area contributed by atoms with Crippen LogP contribution in [0.1, 0.15) is 20.8 Å². The molecule has 1 N–H and O–H groups in total. The van der Waals surface area contributed by atoms with Gasteiger partial charge < -0.3 is 19.5 Å². The second kappa shape index (κ2) is 9.99. The van der Waals surface area contributed by atoms with Crippen LogP contribution in [-0.4, -0.2) is 38.4 Å². The molecule has 0 rings (SSSR count). The summed E-state index contributed by atoms with van der Waals surface area (Å²) >= 11 is 0. The van der Waals surface area contributed by atoms with Gasteiger partial charge in [0.05, 0.1) is 12.8 Å². The molecule has 0 bridgehead atoms. The average Bonchev–Trinajstić information content (AvgIpc) is 2.33. The quantitative estimate of drug-likeness (QED) is 0.315. The third-order valence-electron chi connectivity index (χ3n) is 1.71. The highest BCUT2D eigenvalue weighted by atomic mass is 16.6. The van der Waals surface area contributed by atoms with Gasteiger partial charge in [0.1, 0.15) is 19.8 Å². The molecule has 0 saturated carbocycles. The molecule has 0 radical (unpaired) electrons. The Kier molecular flexibility index (Phi) is 8.95. The molecule has 0 spiro atoms. The lowest BCUT2D eigenvalue weighted by Crippen LogP contribution is -2.28. The molecule has 0 atom stereocenters. The standard InChI is InChI=1S/C13H21NO5/c1-10(2)9-17-6-5-14-13(16)19-8-7-18-12(15)11(3)4/h9H,3,5-8H2,1-2,4H3,(H,14,16). The summed E-state index contributed by atoms with van der Waals surface area (Å²) in [6, 6.07) is 0. The fourth-order valence-corrected chi connectivity index (χ4v) is 0.881. The maximum absolute atomic E-state index is 11.2. The van der Waals surface area contributed by atoms with Gasteiger partial charge in [-0.2, -0.15) is 0 Å². The van der Waals surface area contributed by atoms with Crippen LogP contribution in [0.25, 0.3) is 0 Å². The van der Waals surface area contributed by atoms with Crippen molar-refractivity contribution in [2.45, 2.75) is 20.8 Å². The van der Waals surface area contributed by atoms with Gasteiger partial charge >= 0.3 is 12.1 Å². The van der Waals surface area contributed by atoms with Crippen molar-refractivity contribution >= 4 is 12.1 Å². The van der Waals surface area contributed by atoms with Gasteiger partial charge in [0.15, 0.2) is 0 Å². The molecule has 19 heavy (non-hydrogen) atoms. The Balaban J connectivity index is 3.47. The topological polar surface area (TPSA) is 73.9 Å². The molecular weight excluding hydrogens is 250 g/mol. The average molecular weight is 271 g/mol. The highest BCUT2D eigenvalue weighted by Gasteiger charge is 2.04. The van der Waals surface area contributed by atoms with Crippen LogP contribution in [0.15, 0.2) is 24.0 Å². The van der Waals surface area contributed by atoms with Crippen molar-refractivity contribution in [2.24, 2.45) is 0 Å². The van der Waals surface area contributed by atoms with Crippen LogP contribution in [0.5, 0.6) is 0 Å². The lowest BCUT2D eigenvalue weighted by molar-refractivity contribution is -0.139. The summed E-state index contributed by atoms with van der Waals surface area (Å²) in [4.78, 5) is 22.1. The van der Waals surface area contributed by atoms with Gasteiger partial charge in [0.2, 0.25) is 0 Å². The number of hydrogen-bond donors (Lipinski definition) is 1. The molecule has 0 aromatic heterocycles. The van der Waals surface area contributed by atoms with E-state index in [9.17, 15) is 9.59 Å². The summed E-state index contributed by atoms with van der Waals surface area (Å²) < 4.78 is 14.6. The van der Waals surface area contributed by atoms with E-state index in [4.69, 9.17) is 14.2 Å². The molecule has 0 aliphatic rings. The first-order chi connectivity index (χ1) is 8.93. The Hall–Kier alpha value is -1.98. The van der Waals surface area contributed by atoms with Crippen molar-refractivity contribution in [1.29, 1.82) is 0 Å². The lowest BCUT2D eigenvalue weighted by Gasteiger charge is -2.07. The second-order valence-electron chi connectivity index (χ2n) is 4.04. The van der Waals surface area contributed by atoms with Gasteiger partial charge in [-0.1, -0.05) is 6.58 Å². The zero-order valence-corrected chi connectivity index (χ0v) is 11.7. The van der Waals surface area contributed by atoms with Crippen molar-refractivity contribution in [3.63, 3.8) is 0 Å². The van der Waals surface area contributed by atoms with E-state index in [1.165, 1.54) is 0 Å². The predicted molar refractivity (Wildman–Crippen MR) is 70.5 cm³/mol. The highest BCUT2D eigenvalue weighted by Crippen LogP contribution is 1.92. The number of nitrogens with one attached hydrogen (secondary N) is 1. The number of allylic oxidation sites excluding steroid dienone is 1. The normalized spacial score (nSPS) is 9.21. The molecule has 0 aliphatic heterocycles. The van der Waals surface area contributed by atoms with Crippen LogP contribution in [0.4, 0.5) is 4.79 Å². The molecule has 0 aromatic carbocycles. The Labute approximate surface area is 113 Å². The van der Waals surface area contributed by atoms with E-state index in [2.05, 4.69) is 11.9 Å². The van der Waals surface area contributed by atoms with Gasteiger partial charge in [-0.05, 0) is 26.3 Å². The van der Waals surface area contributed by atoms with Crippen molar-refractivity contribution < 1.29 is 23.8 Å². The largest absolute Gasteiger partial charge is 0.499 e. The number of carbonyl (C=O) groups is 2. The Morgan fingerprint density at radius 1 is 1.11 bits per heavy atom. The highest BCUT2D eigenvalue weighted by molar-refractivity contribution is 5.86. The summed E-state index contributed by atoms with van der Waals surface area (Å²) in [5, 5.41) is 2.49. The van der Waals surface area contributed by atoms with Crippen molar-refractivity contribution in [3.8, 4) is 0 Å². The van der Waals surface area contributed by atoms with Crippen LogP contribution in [0.2, 0.25) is 0 Å². The molecule has 0 saturated heterocycles. The van der Waals surface area contributed by atoms with Crippen molar-refractivity contribution in [2.75, 3.05) is 26.4 Å². The van der Waals surface area contributed by atoms with E-state index in [-0.39, 0.29) is 13.2 Å². The summed E-state index contributed by atoms with van der Waals surface area (Å²) in [5.74, 6) is -0.501. The SMILES string of the molecule is C=C(C)C(=O)OCCOC(=O)NCCOC=C(C)C. The first-order valence-electron chi connectivity index (χ1n) is 5.91. The van der Waals surface area contributed by atoms with Crippen LogP contribution in [-0.2, 0) is 19.0 Å². The molecule has 6 heteroatoms. The third kappa shape index (κ3) is 10.9. The fraction of sp³-hybridized carbons (Fsp3) is 0.538. The molecule has 0 aliphatic carbocycles. The number of alkyl carbamates (subject to hydrolysis) is 1. The zero-order valence-electron chi connectivity index (χ0n) is 11.7. The molecule has 0 unspecified atom stereocenters. The summed E-state index contributed by atoms with van der Waals surface area (Å²) in [6.07, 6.45) is 1.04. The molecule has 108 valence electrons. The van der Waals surface area contributed by atoms with Crippen LogP contribution >= 0.6 is 0 Å². The molecule has 0 heterocycles. The van der Waals surface area contributed by atoms with E-state index in [1.54, 1.807) is 13.2 Å². The Morgan fingerprint density at radius 2 is 1.74 bits per heavy atom. The second-order valence-corrected chi connectivity index (χ2v) is 4.04. The van der Waals surface area contributed by atoms with Crippen LogP contribution in [0, 0.1) is 0 Å². The summed E-state index contributed by atoms with van der Waals surface area (Å²) in [7, 11) is 0. The predicted octanol–water partition coefficient (Wildman–Crippen LogP) is 1.77. The maximum Gasteiger partial charge on any atom is 0.407 e. The van der Waals surface area contributed by atoms with E-state index in [0.717, 1.165) is 5.57 Å². The lowest BCUT2D eigenvalue weighted by atomic mass is 10.4. The number of carbonyl (C=O) groups excluding carboxylic acids is 2. The van der Waals surface area contributed by atoms with E-state index >= 15 is 0 Å². The van der Waals surface area contributed by atoms with E-state index < -0.39 is 12.1 Å². The third-order valence-corrected chi connectivity index (χ3v) is 1.71. The zero-order chi connectivity index (χ0) is 14.7. The maximum atomic E-state index is 11.2. The van der Waals surface area contributed by atoms with Gasteiger partial charge in [0.25, 0.3) is 0 Å². The van der Waals surface area contributed by atoms with Crippen molar-refractivity contribution in [3.05, 3.63) is 24.0 Å². The minimum absolute atomic E-state index is 0.000316. The number of esters is 1. The summed E-state index contributed by atoms with van der Waals surface area (Å²) in [5.41, 5.74) is 1.35. The molecule has 6 nitrogen and oxygen atoms in total. The number of hydrogen-bond acceptors (Lipinski definition) is 5. The van der Waals surface area contributed by atoms with E-state index in [0.29, 0.717) is 18.7 Å². The number of rotatable bonds is 8. The van der Waals surface area contributed by atoms with Gasteiger partial charge in [0, 0.05) is 5.57 Å². The van der Waals surface area contributed by atoms with Gasteiger partial charge in [-0.3, -0.25) is 0 Å². The molecular formula is C13H21NO5. The molecule has 0 aromatic rings. The fourth-order valence-electron chi connectivity index (χ4n) is 0.881. The monoisotopic (exact) mass is 271 g/mol. The van der Waals surface area contributed by atoms with Gasteiger partial charge in [-0.25, -0.2) is 9.59 Å². The molecule has 1 amide bonds. The van der Waals surface area contributed by atoms with E-state index in [1.807, 2.05) is 13.8 Å². The minimum atomic E-state index is -0.577. The first-order valence-corrected chi connectivity index (χ1v) is 5.91. The van der Waals surface area contributed by atoms with Crippen LogP contribution in [0.3, 0.4) is 0 Å².